The third kappa shape index (κ3) is 2.58. The average molecular weight is 219 g/mol. The SMILES string of the molecule is CN(Cc1ccncc1)C(=O)[C@H]1CCCN1. The second-order valence-corrected chi connectivity index (χ2v) is 4.20. The zero-order chi connectivity index (χ0) is 11.4. The van der Waals surface area contributed by atoms with Gasteiger partial charge in [-0.05, 0) is 37.1 Å². The van der Waals surface area contributed by atoms with Crippen molar-refractivity contribution in [3.8, 4) is 0 Å². The van der Waals surface area contributed by atoms with Crippen LogP contribution in [0.15, 0.2) is 24.5 Å². The highest BCUT2D eigenvalue weighted by molar-refractivity contribution is 5.81. The number of carbonyl (C=O) groups is 1. The summed E-state index contributed by atoms with van der Waals surface area (Å²) in [6.07, 6.45) is 5.56. The van der Waals surface area contributed by atoms with Crippen molar-refractivity contribution >= 4 is 5.91 Å². The summed E-state index contributed by atoms with van der Waals surface area (Å²) in [4.78, 5) is 17.7. The van der Waals surface area contributed by atoms with Crippen molar-refractivity contribution in [1.82, 2.24) is 15.2 Å². The summed E-state index contributed by atoms with van der Waals surface area (Å²) in [5.74, 6) is 0.189. The van der Waals surface area contributed by atoms with E-state index in [1.54, 1.807) is 17.3 Å². The molecule has 0 unspecified atom stereocenters. The molecule has 2 rings (SSSR count). The number of nitrogens with one attached hydrogen (secondary N) is 1. The quantitative estimate of drug-likeness (QED) is 0.817. The Balaban J connectivity index is 1.92. The normalized spacial score (nSPS) is 19.7. The molecule has 86 valence electrons. The van der Waals surface area contributed by atoms with Crippen LogP contribution in [0.4, 0.5) is 0 Å². The monoisotopic (exact) mass is 219 g/mol. The number of likely N-dealkylation sites (N-methyl/N-ethyl adjacent to an activating group) is 1. The van der Waals surface area contributed by atoms with Gasteiger partial charge in [-0.25, -0.2) is 0 Å². The predicted octanol–water partition coefficient (Wildman–Crippen LogP) is 0.792. The molecule has 1 atom stereocenters. The van der Waals surface area contributed by atoms with E-state index in [0.29, 0.717) is 6.54 Å². The molecule has 0 spiro atoms. The van der Waals surface area contributed by atoms with Crippen molar-refractivity contribution in [2.75, 3.05) is 13.6 Å². The molecular formula is C12H17N3O. The first-order valence-electron chi connectivity index (χ1n) is 5.64. The lowest BCUT2D eigenvalue weighted by Gasteiger charge is -2.21. The maximum atomic E-state index is 12.0. The highest BCUT2D eigenvalue weighted by atomic mass is 16.2. The van der Waals surface area contributed by atoms with E-state index in [4.69, 9.17) is 0 Å². The van der Waals surface area contributed by atoms with Gasteiger partial charge in [-0.1, -0.05) is 0 Å². The molecular weight excluding hydrogens is 202 g/mol. The third-order valence-electron chi connectivity index (χ3n) is 2.90. The highest BCUT2D eigenvalue weighted by Crippen LogP contribution is 2.09. The molecule has 0 aliphatic carbocycles. The van der Waals surface area contributed by atoms with Crippen LogP contribution >= 0.6 is 0 Å². The summed E-state index contributed by atoms with van der Waals surface area (Å²) in [6.45, 7) is 1.61. The first-order valence-corrected chi connectivity index (χ1v) is 5.64. The largest absolute Gasteiger partial charge is 0.340 e. The maximum absolute atomic E-state index is 12.0. The molecule has 4 nitrogen and oxygen atoms in total. The van der Waals surface area contributed by atoms with Gasteiger partial charge in [0.15, 0.2) is 0 Å². The van der Waals surface area contributed by atoms with Gasteiger partial charge in [0.05, 0.1) is 6.04 Å². The standard InChI is InChI=1S/C12H17N3O/c1-15(9-10-4-7-13-8-5-10)12(16)11-3-2-6-14-11/h4-5,7-8,11,14H,2-3,6,9H2,1H3/t11-/m1/s1. The minimum absolute atomic E-state index is 0.0202. The molecule has 1 aliphatic heterocycles. The molecule has 0 saturated carbocycles. The van der Waals surface area contributed by atoms with Crippen LogP contribution in [0.25, 0.3) is 0 Å². The number of aromatic nitrogens is 1. The van der Waals surface area contributed by atoms with Crippen molar-refractivity contribution in [3.63, 3.8) is 0 Å². The lowest BCUT2D eigenvalue weighted by atomic mass is 10.2. The second-order valence-electron chi connectivity index (χ2n) is 4.20. The van der Waals surface area contributed by atoms with Crippen LogP contribution in [0, 0.1) is 0 Å². The summed E-state index contributed by atoms with van der Waals surface area (Å²) in [5.41, 5.74) is 1.11. The summed E-state index contributed by atoms with van der Waals surface area (Å²) in [5, 5.41) is 3.22. The Bertz CT molecular complexity index is 347. The van der Waals surface area contributed by atoms with Gasteiger partial charge in [-0.3, -0.25) is 9.78 Å². The molecule has 1 amide bonds. The molecule has 1 saturated heterocycles. The summed E-state index contributed by atoms with van der Waals surface area (Å²) in [6, 6.07) is 3.89. The van der Waals surface area contributed by atoms with E-state index in [9.17, 15) is 4.79 Å². The molecule has 1 aromatic heterocycles. The van der Waals surface area contributed by atoms with Gasteiger partial charge in [0.1, 0.15) is 0 Å². The minimum atomic E-state index is 0.0202. The summed E-state index contributed by atoms with van der Waals surface area (Å²) in [7, 11) is 1.85. The van der Waals surface area contributed by atoms with E-state index >= 15 is 0 Å². The van der Waals surface area contributed by atoms with Crippen molar-refractivity contribution in [2.45, 2.75) is 25.4 Å². The molecule has 0 bridgehead atoms. The van der Waals surface area contributed by atoms with Crippen LogP contribution in [-0.2, 0) is 11.3 Å². The Morgan fingerprint density at radius 3 is 2.94 bits per heavy atom. The number of hydrogen-bond acceptors (Lipinski definition) is 3. The third-order valence-corrected chi connectivity index (χ3v) is 2.90. The van der Waals surface area contributed by atoms with E-state index in [1.165, 1.54) is 0 Å². The molecule has 2 heterocycles. The van der Waals surface area contributed by atoms with Gasteiger partial charge < -0.3 is 10.2 Å². The van der Waals surface area contributed by atoms with E-state index < -0.39 is 0 Å². The first-order chi connectivity index (χ1) is 7.77. The zero-order valence-electron chi connectivity index (χ0n) is 9.52. The number of pyridine rings is 1. The van der Waals surface area contributed by atoms with Gasteiger partial charge >= 0.3 is 0 Å². The molecule has 1 aliphatic rings. The van der Waals surface area contributed by atoms with Crippen molar-refractivity contribution < 1.29 is 4.79 Å². The molecule has 1 fully saturated rings. The lowest BCUT2D eigenvalue weighted by molar-refractivity contribution is -0.132. The van der Waals surface area contributed by atoms with Crippen molar-refractivity contribution in [2.24, 2.45) is 0 Å². The van der Waals surface area contributed by atoms with E-state index in [2.05, 4.69) is 10.3 Å². The molecule has 1 aromatic rings. The fourth-order valence-corrected chi connectivity index (χ4v) is 2.00. The Hall–Kier alpha value is -1.42. The van der Waals surface area contributed by atoms with Gasteiger partial charge in [-0.15, -0.1) is 0 Å². The van der Waals surface area contributed by atoms with Crippen LogP contribution < -0.4 is 5.32 Å². The van der Waals surface area contributed by atoms with Gasteiger partial charge in [0.2, 0.25) is 5.91 Å². The fraction of sp³-hybridized carbons (Fsp3) is 0.500. The predicted molar refractivity (Wildman–Crippen MR) is 61.7 cm³/mol. The van der Waals surface area contributed by atoms with Gasteiger partial charge in [0, 0.05) is 26.0 Å². The first kappa shape index (κ1) is 11.1. The zero-order valence-corrected chi connectivity index (χ0v) is 9.52. The van der Waals surface area contributed by atoms with E-state index in [1.807, 2.05) is 19.2 Å². The Morgan fingerprint density at radius 1 is 1.56 bits per heavy atom. The molecule has 16 heavy (non-hydrogen) atoms. The topological polar surface area (TPSA) is 45.2 Å². The number of carbonyl (C=O) groups excluding carboxylic acids is 1. The smallest absolute Gasteiger partial charge is 0.239 e. The Labute approximate surface area is 95.7 Å². The molecule has 0 radical (unpaired) electrons. The number of hydrogen-bond donors (Lipinski definition) is 1. The lowest BCUT2D eigenvalue weighted by Crippen LogP contribution is -2.41. The van der Waals surface area contributed by atoms with E-state index in [0.717, 1.165) is 24.9 Å². The van der Waals surface area contributed by atoms with Crippen molar-refractivity contribution in [3.05, 3.63) is 30.1 Å². The van der Waals surface area contributed by atoms with Crippen LogP contribution in [0.3, 0.4) is 0 Å². The molecule has 0 aromatic carbocycles. The molecule has 1 N–H and O–H groups in total. The van der Waals surface area contributed by atoms with Crippen LogP contribution in [0.5, 0.6) is 0 Å². The fourth-order valence-electron chi connectivity index (χ4n) is 2.00. The Morgan fingerprint density at radius 2 is 2.31 bits per heavy atom. The van der Waals surface area contributed by atoms with Crippen LogP contribution in [0.2, 0.25) is 0 Å². The number of rotatable bonds is 3. The van der Waals surface area contributed by atoms with Gasteiger partial charge in [-0.2, -0.15) is 0 Å². The highest BCUT2D eigenvalue weighted by Gasteiger charge is 2.24. The van der Waals surface area contributed by atoms with Crippen LogP contribution in [-0.4, -0.2) is 35.4 Å². The number of nitrogens with zero attached hydrogens (tertiary/aromatic N) is 2. The van der Waals surface area contributed by atoms with Gasteiger partial charge in [0.25, 0.3) is 0 Å². The number of amides is 1. The summed E-state index contributed by atoms with van der Waals surface area (Å²) < 4.78 is 0. The van der Waals surface area contributed by atoms with E-state index in [-0.39, 0.29) is 11.9 Å². The molecule has 4 heteroatoms. The second kappa shape index (κ2) is 5.07. The minimum Gasteiger partial charge on any atom is -0.340 e. The Kier molecular flexibility index (Phi) is 3.51. The van der Waals surface area contributed by atoms with Crippen molar-refractivity contribution in [1.29, 1.82) is 0 Å². The average Bonchev–Trinajstić information content (AvgIpc) is 2.83. The maximum Gasteiger partial charge on any atom is 0.239 e. The summed E-state index contributed by atoms with van der Waals surface area (Å²) >= 11 is 0. The van der Waals surface area contributed by atoms with Crippen LogP contribution in [0.1, 0.15) is 18.4 Å².